The molecule has 4 fully saturated rings. The molecule has 2 saturated carbocycles. The maximum absolute atomic E-state index is 12.9. The third-order valence-corrected chi connectivity index (χ3v) is 6.70. The Morgan fingerprint density at radius 1 is 1.04 bits per heavy atom. The van der Waals surface area contributed by atoms with Gasteiger partial charge in [0, 0.05) is 11.8 Å². The number of nitrogens with zero attached hydrogens (tertiary/aromatic N) is 1. The second kappa shape index (κ2) is 4.41. The molecule has 24 heavy (non-hydrogen) atoms. The van der Waals surface area contributed by atoms with Gasteiger partial charge in [-0.15, -0.1) is 9.35 Å². The number of halogens is 1. The largest absolute Gasteiger partial charge is 0.369 e. The van der Waals surface area contributed by atoms with Gasteiger partial charge in [0.15, 0.2) is 0 Å². The molecule has 5 rings (SSSR count). The predicted octanol–water partition coefficient (Wildman–Crippen LogP) is 0.464. The Morgan fingerprint density at radius 2 is 1.58 bits per heavy atom. The summed E-state index contributed by atoms with van der Waals surface area (Å²) >= 11 is 0. The zero-order valence-electron chi connectivity index (χ0n) is 12.2. The van der Waals surface area contributed by atoms with Gasteiger partial charge in [-0.3, -0.25) is 9.59 Å². The van der Waals surface area contributed by atoms with Gasteiger partial charge in [-0.1, -0.05) is 0 Å². The molecule has 2 aliphatic carbocycles. The lowest BCUT2D eigenvalue weighted by Crippen LogP contribution is -2.35. The van der Waals surface area contributed by atoms with Crippen molar-refractivity contribution in [3.05, 3.63) is 30.1 Å². The molecule has 0 radical (unpaired) electrons. The molecule has 0 spiro atoms. The van der Waals surface area contributed by atoms with Crippen molar-refractivity contribution < 1.29 is 31.4 Å². The van der Waals surface area contributed by atoms with E-state index in [1.807, 2.05) is 0 Å². The summed E-state index contributed by atoms with van der Waals surface area (Å²) in [4.78, 5) is 24.7. The summed E-state index contributed by atoms with van der Waals surface area (Å²) in [5.74, 6) is -3.06. The molecule has 0 aromatic heterocycles. The van der Waals surface area contributed by atoms with Gasteiger partial charge in [0.1, 0.15) is 5.82 Å². The Kier molecular flexibility index (Phi) is 2.66. The molecule has 2 heterocycles. The molecule has 2 bridgehead atoms. The lowest BCUT2D eigenvalue weighted by molar-refractivity contribution is -0.167. The van der Waals surface area contributed by atoms with Crippen molar-refractivity contribution in [3.63, 3.8) is 0 Å². The molecule has 6 atom stereocenters. The highest BCUT2D eigenvalue weighted by molar-refractivity contribution is 7.86. The number of ether oxygens (including phenoxy) is 1. The SMILES string of the molecule is O=C1C2C3CC(C4OC34)C2C(=O)N1OS(=O)(=O)c1ccc(F)cc1. The van der Waals surface area contributed by atoms with E-state index in [1.54, 1.807) is 0 Å². The molecule has 9 heteroatoms. The van der Waals surface area contributed by atoms with E-state index in [9.17, 15) is 22.4 Å². The fourth-order valence-corrected chi connectivity index (χ4v) is 5.41. The van der Waals surface area contributed by atoms with Crippen LogP contribution in [0.15, 0.2) is 29.2 Å². The summed E-state index contributed by atoms with van der Waals surface area (Å²) < 4.78 is 47.7. The van der Waals surface area contributed by atoms with Crippen molar-refractivity contribution in [2.45, 2.75) is 23.5 Å². The lowest BCUT2D eigenvalue weighted by Gasteiger charge is -2.16. The fraction of sp³-hybridized carbons (Fsp3) is 0.467. The van der Waals surface area contributed by atoms with E-state index in [0.717, 1.165) is 30.7 Å². The first-order valence-corrected chi connectivity index (χ1v) is 9.03. The Hall–Kier alpha value is -1.84. The maximum atomic E-state index is 12.9. The number of hydrogen-bond acceptors (Lipinski definition) is 6. The van der Waals surface area contributed by atoms with E-state index in [4.69, 9.17) is 9.02 Å². The quantitative estimate of drug-likeness (QED) is 0.579. The Bertz CT molecular complexity index is 836. The van der Waals surface area contributed by atoms with Gasteiger partial charge in [-0.25, -0.2) is 4.39 Å². The minimum Gasteiger partial charge on any atom is -0.369 e. The smallest absolute Gasteiger partial charge is 0.318 e. The van der Waals surface area contributed by atoms with Crippen LogP contribution in [-0.2, 0) is 28.7 Å². The average Bonchev–Trinajstić information content (AvgIpc) is 3.08. The third kappa shape index (κ3) is 1.74. The summed E-state index contributed by atoms with van der Waals surface area (Å²) in [5, 5.41) is 0.373. The van der Waals surface area contributed by atoms with Gasteiger partial charge < -0.3 is 4.74 Å². The zero-order valence-corrected chi connectivity index (χ0v) is 13.0. The van der Waals surface area contributed by atoms with Crippen molar-refractivity contribution in [1.29, 1.82) is 0 Å². The van der Waals surface area contributed by atoms with Crippen LogP contribution in [0.2, 0.25) is 0 Å². The normalized spacial score (nSPS) is 39.3. The van der Waals surface area contributed by atoms with Crippen LogP contribution < -0.4 is 0 Å². The number of imide groups is 1. The molecule has 2 amide bonds. The minimum atomic E-state index is -4.39. The number of carbonyl (C=O) groups excluding carboxylic acids is 2. The maximum Gasteiger partial charge on any atom is 0.318 e. The topological polar surface area (TPSA) is 93.3 Å². The van der Waals surface area contributed by atoms with Crippen LogP contribution in [0, 0.1) is 29.5 Å². The first kappa shape index (κ1) is 14.5. The molecule has 6 unspecified atom stereocenters. The van der Waals surface area contributed by atoms with Gasteiger partial charge >= 0.3 is 10.1 Å². The molecule has 1 aromatic rings. The van der Waals surface area contributed by atoms with Crippen LogP contribution in [0.4, 0.5) is 4.39 Å². The van der Waals surface area contributed by atoms with Crippen molar-refractivity contribution in [3.8, 4) is 0 Å². The first-order chi connectivity index (χ1) is 11.4. The zero-order chi connectivity index (χ0) is 16.8. The van der Waals surface area contributed by atoms with Crippen LogP contribution in [-0.4, -0.2) is 37.5 Å². The fourth-order valence-electron chi connectivity index (χ4n) is 4.51. The van der Waals surface area contributed by atoms with E-state index in [-0.39, 0.29) is 28.9 Å². The number of fused-ring (bicyclic) bond motifs is 8. The first-order valence-electron chi connectivity index (χ1n) is 7.62. The van der Waals surface area contributed by atoms with E-state index in [1.165, 1.54) is 0 Å². The summed E-state index contributed by atoms with van der Waals surface area (Å²) in [7, 11) is -4.39. The number of benzene rings is 1. The van der Waals surface area contributed by atoms with Gasteiger partial charge in [0.25, 0.3) is 11.8 Å². The van der Waals surface area contributed by atoms with Crippen LogP contribution in [0.5, 0.6) is 0 Å². The molecule has 126 valence electrons. The van der Waals surface area contributed by atoms with Gasteiger partial charge in [0.2, 0.25) is 0 Å². The summed E-state index contributed by atoms with van der Waals surface area (Å²) in [6, 6.07) is 3.96. The Morgan fingerprint density at radius 3 is 2.12 bits per heavy atom. The van der Waals surface area contributed by atoms with Crippen molar-refractivity contribution in [1.82, 2.24) is 5.06 Å². The molecule has 7 nitrogen and oxygen atoms in total. The molecular weight excluding hydrogens is 341 g/mol. The monoisotopic (exact) mass is 353 g/mol. The number of hydroxylamine groups is 2. The van der Waals surface area contributed by atoms with E-state index in [0.29, 0.717) is 5.06 Å². The van der Waals surface area contributed by atoms with Crippen LogP contribution in [0.25, 0.3) is 0 Å². The number of hydrogen-bond donors (Lipinski definition) is 0. The second-order valence-electron chi connectivity index (χ2n) is 6.63. The highest BCUT2D eigenvalue weighted by Gasteiger charge is 2.74. The summed E-state index contributed by atoms with van der Waals surface area (Å²) in [6.45, 7) is 0. The third-order valence-electron chi connectivity index (χ3n) is 5.50. The Labute approximate surface area is 136 Å². The van der Waals surface area contributed by atoms with Gasteiger partial charge in [-0.2, -0.15) is 8.42 Å². The van der Waals surface area contributed by atoms with Crippen molar-refractivity contribution in [2.24, 2.45) is 23.7 Å². The van der Waals surface area contributed by atoms with Crippen LogP contribution in [0.3, 0.4) is 0 Å². The highest BCUT2D eigenvalue weighted by Crippen LogP contribution is 2.64. The lowest BCUT2D eigenvalue weighted by atomic mass is 9.81. The Balaban J connectivity index is 1.43. The highest BCUT2D eigenvalue weighted by atomic mass is 32.2. The van der Waals surface area contributed by atoms with E-state index < -0.39 is 39.6 Å². The molecule has 0 N–H and O–H groups in total. The van der Waals surface area contributed by atoms with E-state index in [2.05, 4.69) is 0 Å². The van der Waals surface area contributed by atoms with Crippen LogP contribution >= 0.6 is 0 Å². The van der Waals surface area contributed by atoms with Gasteiger partial charge in [-0.05, 0) is 30.7 Å². The summed E-state index contributed by atoms with van der Waals surface area (Å²) in [6.07, 6.45) is 0.795. The summed E-state index contributed by atoms with van der Waals surface area (Å²) in [5.41, 5.74) is 0. The standard InChI is InChI=1S/C15H12FNO6S/c16-6-1-3-7(4-2-6)24(20,21)23-17-14(18)10-8-5-9(11(10)15(17)19)13-12(8)22-13/h1-4,8-13H,5H2. The molecule has 4 aliphatic rings. The minimum absolute atomic E-state index is 0.0154. The van der Waals surface area contributed by atoms with Crippen molar-refractivity contribution >= 4 is 21.9 Å². The van der Waals surface area contributed by atoms with Crippen molar-refractivity contribution in [2.75, 3.05) is 0 Å². The molecular formula is C15H12FNO6S. The second-order valence-corrected chi connectivity index (χ2v) is 8.16. The molecule has 2 saturated heterocycles. The van der Waals surface area contributed by atoms with Crippen LogP contribution in [0.1, 0.15) is 6.42 Å². The number of rotatable bonds is 3. The van der Waals surface area contributed by atoms with Gasteiger partial charge in [0.05, 0.1) is 28.9 Å². The molecule has 2 aliphatic heterocycles. The van der Waals surface area contributed by atoms with E-state index >= 15 is 0 Å². The number of epoxide rings is 1. The average molecular weight is 353 g/mol. The predicted molar refractivity (Wildman–Crippen MR) is 73.8 cm³/mol. The molecule has 1 aromatic carbocycles. The number of amides is 2. The number of carbonyl (C=O) groups is 2.